The fraction of sp³-hybridized carbons (Fsp3) is 0.333. The van der Waals surface area contributed by atoms with Crippen LogP contribution in [0.3, 0.4) is 0 Å². The van der Waals surface area contributed by atoms with Crippen LogP contribution >= 0.6 is 0 Å². The largest absolute Gasteiger partial charge is 0.418 e. The zero-order valence-corrected chi connectivity index (χ0v) is 37.7. The fourth-order valence-electron chi connectivity index (χ4n) is 9.23. The number of aromatic nitrogens is 5. The average molecular weight is 932 g/mol. The summed E-state index contributed by atoms with van der Waals surface area (Å²) in [5, 5.41) is 10.4. The number of imide groups is 1. The van der Waals surface area contributed by atoms with Gasteiger partial charge in [-0.2, -0.15) is 13.2 Å². The zero-order chi connectivity index (χ0) is 48.2. The molecule has 20 heteroatoms. The van der Waals surface area contributed by atoms with Gasteiger partial charge in [0, 0.05) is 114 Å². The van der Waals surface area contributed by atoms with Crippen molar-refractivity contribution in [1.82, 2.24) is 43.7 Å². The lowest BCUT2D eigenvalue weighted by Crippen LogP contribution is -2.52. The number of nitrogens with one attached hydrogen (secondary N) is 1. The van der Waals surface area contributed by atoms with E-state index in [0.29, 0.717) is 61.8 Å². The first kappa shape index (κ1) is 45.4. The molecule has 6 heterocycles. The Bertz CT molecular complexity index is 3040. The van der Waals surface area contributed by atoms with Crippen molar-refractivity contribution >= 4 is 46.4 Å². The molecule has 2 atom stereocenters. The van der Waals surface area contributed by atoms with Gasteiger partial charge < -0.3 is 29.1 Å². The summed E-state index contributed by atoms with van der Waals surface area (Å²) in [6, 6.07) is 19.8. The maximum absolute atomic E-state index is 14.6. The van der Waals surface area contributed by atoms with Gasteiger partial charge in [-0.25, -0.2) is 4.79 Å². The molecule has 68 heavy (non-hydrogen) atoms. The zero-order valence-electron chi connectivity index (χ0n) is 37.7. The summed E-state index contributed by atoms with van der Waals surface area (Å²) in [6.45, 7) is 5.07. The van der Waals surface area contributed by atoms with Gasteiger partial charge in [-0.3, -0.25) is 38.3 Å². The number of halogens is 3. The number of likely N-dealkylation sites (N-methyl/N-ethyl adjacent to an activating group) is 2. The van der Waals surface area contributed by atoms with Crippen LogP contribution in [0.2, 0.25) is 0 Å². The number of anilines is 2. The highest BCUT2D eigenvalue weighted by molar-refractivity contribution is 6.05. The third-order valence-corrected chi connectivity index (χ3v) is 13.2. The number of piperazine rings is 1. The Hall–Kier alpha value is -7.77. The summed E-state index contributed by atoms with van der Waals surface area (Å²) >= 11 is 0. The maximum Gasteiger partial charge on any atom is 0.418 e. The summed E-state index contributed by atoms with van der Waals surface area (Å²) in [5.74, 6) is -1.63. The van der Waals surface area contributed by atoms with E-state index in [2.05, 4.69) is 25.3 Å². The molecular formula is C48H48F3N11O6. The van der Waals surface area contributed by atoms with Crippen LogP contribution in [0, 0.1) is 0 Å². The Balaban J connectivity index is 0.809. The average Bonchev–Trinajstić information content (AvgIpc) is 4.02. The SMILES string of the molecule is C[C@H](c1cccc(-n2cc3c(C(F)(F)F)cc(C(=O)N(C)CCN(C)C(=O)c4ccc(N5CCN(c6ccc7c(c6)CN([C@H]6CCC(=O)NC6=O)C7=O)CC5)cc4)cn3c2=O)c1)c1nncn1C. The molecule has 3 aliphatic heterocycles. The number of nitrogens with zero attached hydrogens (tertiary/aromatic N) is 10. The molecule has 0 saturated carbocycles. The molecule has 0 aliphatic carbocycles. The molecule has 5 amide bonds. The van der Waals surface area contributed by atoms with Crippen LogP contribution in [0.15, 0.2) is 96.3 Å². The topological polar surface area (TPSA) is 171 Å². The van der Waals surface area contributed by atoms with Crippen molar-refractivity contribution in [3.8, 4) is 5.69 Å². The molecule has 0 bridgehead atoms. The van der Waals surface area contributed by atoms with Crippen LogP contribution in [0.4, 0.5) is 24.5 Å². The number of hydrogen-bond donors (Lipinski definition) is 1. The van der Waals surface area contributed by atoms with Gasteiger partial charge in [0.25, 0.3) is 17.7 Å². The number of pyridine rings is 1. The standard InChI is InChI=1S/C48H48F3N11O6/c1-29(42-54-52-28-57(42)4)31-6-5-7-36(22-31)60-27-40-38(48(49,50)51)24-33(26-62(40)47(60)68)45(66)56(3)17-16-55(2)44(65)30-8-10-34(11-9-30)58-18-20-59(21-19-58)35-12-13-37-32(23-35)25-61(46(37)67)39-14-15-41(63)53-43(39)64/h5-13,22-24,26-29,39H,14-21,25H2,1-4H3,(H,53,63,64)/t29-,39+/m1/s1. The van der Waals surface area contributed by atoms with Crippen molar-refractivity contribution in [3.05, 3.63) is 141 Å². The van der Waals surface area contributed by atoms with Crippen LogP contribution in [0.1, 0.15) is 79.3 Å². The molecule has 6 aromatic rings. The van der Waals surface area contributed by atoms with Gasteiger partial charge in [0.05, 0.1) is 22.3 Å². The van der Waals surface area contributed by atoms with E-state index in [1.165, 1.54) is 21.7 Å². The number of piperidine rings is 1. The van der Waals surface area contributed by atoms with E-state index in [-0.39, 0.29) is 48.7 Å². The third-order valence-electron chi connectivity index (χ3n) is 13.2. The maximum atomic E-state index is 14.6. The van der Waals surface area contributed by atoms with Crippen molar-refractivity contribution in [1.29, 1.82) is 0 Å². The first-order chi connectivity index (χ1) is 32.5. The van der Waals surface area contributed by atoms with Gasteiger partial charge >= 0.3 is 11.9 Å². The van der Waals surface area contributed by atoms with Gasteiger partial charge in [0.15, 0.2) is 0 Å². The number of benzene rings is 3. The van der Waals surface area contributed by atoms with E-state index >= 15 is 0 Å². The fourth-order valence-corrected chi connectivity index (χ4v) is 9.23. The van der Waals surface area contributed by atoms with Crippen LogP contribution in [-0.4, -0.2) is 127 Å². The summed E-state index contributed by atoms with van der Waals surface area (Å²) in [5.41, 5.74) is 2.13. The number of carbonyl (C=O) groups is 5. The molecule has 2 saturated heterocycles. The van der Waals surface area contributed by atoms with E-state index in [1.807, 2.05) is 37.3 Å². The molecule has 0 radical (unpaired) electrons. The quantitative estimate of drug-likeness (QED) is 0.185. The highest BCUT2D eigenvalue weighted by Gasteiger charge is 2.40. The number of alkyl halides is 3. The lowest BCUT2D eigenvalue weighted by molar-refractivity contribution is -0.137. The van der Waals surface area contributed by atoms with Gasteiger partial charge in [0.2, 0.25) is 11.8 Å². The molecular weight excluding hydrogens is 884 g/mol. The number of imidazole rings is 1. The molecule has 3 aromatic carbocycles. The van der Waals surface area contributed by atoms with Crippen LogP contribution in [-0.2, 0) is 29.4 Å². The van der Waals surface area contributed by atoms with Crippen LogP contribution in [0.25, 0.3) is 11.2 Å². The monoisotopic (exact) mass is 931 g/mol. The van der Waals surface area contributed by atoms with E-state index in [0.717, 1.165) is 49.9 Å². The number of carbonyl (C=O) groups excluding carboxylic acids is 5. The van der Waals surface area contributed by atoms with E-state index in [1.54, 1.807) is 61.4 Å². The highest BCUT2D eigenvalue weighted by Crippen LogP contribution is 2.35. The summed E-state index contributed by atoms with van der Waals surface area (Å²) in [4.78, 5) is 86.8. The number of amides is 5. The van der Waals surface area contributed by atoms with Gasteiger partial charge in [-0.15, -0.1) is 10.2 Å². The molecule has 2 fully saturated rings. The first-order valence-corrected chi connectivity index (χ1v) is 22.1. The third kappa shape index (κ3) is 8.56. The van der Waals surface area contributed by atoms with Gasteiger partial charge in [-0.1, -0.05) is 19.1 Å². The Morgan fingerprint density at radius 3 is 2.13 bits per heavy atom. The predicted octanol–water partition coefficient (Wildman–Crippen LogP) is 4.32. The second-order valence-corrected chi connectivity index (χ2v) is 17.5. The Kier molecular flexibility index (Phi) is 11.9. The number of hydrogen-bond acceptors (Lipinski definition) is 10. The van der Waals surface area contributed by atoms with Gasteiger partial charge in [-0.05, 0) is 78.2 Å². The molecule has 9 rings (SSSR count). The predicted molar refractivity (Wildman–Crippen MR) is 244 cm³/mol. The van der Waals surface area contributed by atoms with E-state index < -0.39 is 40.8 Å². The minimum absolute atomic E-state index is 0.00610. The smallest absolute Gasteiger partial charge is 0.368 e. The number of fused-ring (bicyclic) bond motifs is 2. The molecule has 3 aromatic heterocycles. The lowest BCUT2D eigenvalue weighted by atomic mass is 10.00. The summed E-state index contributed by atoms with van der Waals surface area (Å²) in [6.07, 6.45) is -0.605. The van der Waals surface area contributed by atoms with Crippen LogP contribution < -0.4 is 20.8 Å². The summed E-state index contributed by atoms with van der Waals surface area (Å²) < 4.78 is 47.4. The van der Waals surface area contributed by atoms with Crippen molar-refractivity contribution < 1.29 is 37.1 Å². The van der Waals surface area contributed by atoms with Crippen molar-refractivity contribution in [2.24, 2.45) is 7.05 Å². The Morgan fingerprint density at radius 1 is 0.824 bits per heavy atom. The molecule has 352 valence electrons. The summed E-state index contributed by atoms with van der Waals surface area (Å²) in [7, 11) is 4.80. The second kappa shape index (κ2) is 17.8. The molecule has 17 nitrogen and oxygen atoms in total. The first-order valence-electron chi connectivity index (χ1n) is 22.1. The second-order valence-electron chi connectivity index (χ2n) is 17.5. The number of rotatable bonds is 11. The number of aryl methyl sites for hydroxylation is 1. The molecule has 3 aliphatic rings. The molecule has 1 N–H and O–H groups in total. The van der Waals surface area contributed by atoms with E-state index in [4.69, 9.17) is 0 Å². The minimum Gasteiger partial charge on any atom is -0.368 e. The molecule has 0 unspecified atom stereocenters. The van der Waals surface area contributed by atoms with Crippen molar-refractivity contribution in [3.63, 3.8) is 0 Å². The Labute approximate surface area is 387 Å². The van der Waals surface area contributed by atoms with Crippen molar-refractivity contribution in [2.45, 2.75) is 44.4 Å². The minimum atomic E-state index is -4.89. The Morgan fingerprint density at radius 2 is 1.49 bits per heavy atom. The lowest BCUT2D eigenvalue weighted by Gasteiger charge is -2.37. The van der Waals surface area contributed by atoms with E-state index in [9.17, 15) is 41.9 Å². The normalized spacial score (nSPS) is 16.8. The van der Waals surface area contributed by atoms with Gasteiger partial charge in [0.1, 0.15) is 18.2 Å². The molecule has 0 spiro atoms. The highest BCUT2D eigenvalue weighted by atomic mass is 19.4. The van der Waals surface area contributed by atoms with Crippen LogP contribution in [0.5, 0.6) is 0 Å². The van der Waals surface area contributed by atoms with Crippen molar-refractivity contribution in [2.75, 3.05) is 63.2 Å².